The Hall–Kier alpha value is -17.5. The van der Waals surface area contributed by atoms with Gasteiger partial charge in [0.25, 0.3) is 17.7 Å². The lowest BCUT2D eigenvalue weighted by molar-refractivity contribution is 0.0956. The summed E-state index contributed by atoms with van der Waals surface area (Å²) in [5.74, 6) is -6.37. The lowest BCUT2D eigenvalue weighted by Gasteiger charge is -2.09. The first-order chi connectivity index (χ1) is 67.9. The zero-order valence-electron chi connectivity index (χ0n) is 77.3. The van der Waals surface area contributed by atoms with Gasteiger partial charge in [0.2, 0.25) is 0 Å². The molecule has 0 saturated carbocycles. The molecule has 0 aliphatic heterocycles. The highest BCUT2D eigenvalue weighted by Crippen LogP contribution is 2.41. The summed E-state index contributed by atoms with van der Waals surface area (Å²) in [5, 5.41) is 18.2. The van der Waals surface area contributed by atoms with Gasteiger partial charge in [-0.25, -0.2) is 60.6 Å². The van der Waals surface area contributed by atoms with Crippen molar-refractivity contribution in [2.75, 3.05) is 21.1 Å². The van der Waals surface area contributed by atoms with E-state index < -0.39 is 29.1 Å². The summed E-state index contributed by atoms with van der Waals surface area (Å²) in [6.07, 6.45) is 12.5. The number of hydrogen-bond donors (Lipinski definition) is 8. The van der Waals surface area contributed by atoms with Crippen LogP contribution in [-0.4, -0.2) is 93.7 Å². The zero-order chi connectivity index (χ0) is 97.4. The van der Waals surface area contributed by atoms with E-state index in [0.29, 0.717) is 61.2 Å². The van der Waals surface area contributed by atoms with Gasteiger partial charge in [0, 0.05) is 195 Å². The smallest absolute Gasteiger partial charge is 0.251 e. The van der Waals surface area contributed by atoms with Crippen LogP contribution >= 0.6 is 0 Å². The van der Waals surface area contributed by atoms with Gasteiger partial charge in [0.05, 0.1) is 72.8 Å². The fourth-order valence-corrected chi connectivity index (χ4v) is 18.4. The van der Waals surface area contributed by atoms with Gasteiger partial charge in [-0.05, 0) is 227 Å². The van der Waals surface area contributed by atoms with E-state index in [9.17, 15) is 45.1 Å². The van der Waals surface area contributed by atoms with Crippen molar-refractivity contribution in [3.05, 3.63) is 412 Å². The van der Waals surface area contributed by atoms with Crippen LogP contribution in [0.2, 0.25) is 0 Å². The van der Waals surface area contributed by atoms with Gasteiger partial charge in [-0.2, -0.15) is 0 Å². The van der Waals surface area contributed by atoms with Crippen molar-refractivity contribution in [2.45, 2.75) is 54.4 Å². The number of aromatic nitrogens is 11. The molecule has 12 aromatic carbocycles. The highest BCUT2D eigenvalue weighted by Gasteiger charge is 2.27. The maximum atomic E-state index is 13.9. The van der Waals surface area contributed by atoms with E-state index >= 15 is 0 Å². The third kappa shape index (κ3) is 17.7. The molecule has 0 atom stereocenters. The van der Waals surface area contributed by atoms with E-state index in [-0.39, 0.29) is 46.9 Å². The van der Waals surface area contributed by atoms with Gasteiger partial charge in [-0.3, -0.25) is 14.4 Å². The number of H-pyrrole nitrogens is 5. The molecule has 690 valence electrons. The molecular weight excluding hydrogens is 1770 g/mol. The van der Waals surface area contributed by atoms with Crippen LogP contribution < -0.4 is 16.0 Å². The molecule has 0 spiro atoms. The second-order valence-corrected chi connectivity index (χ2v) is 34.2. The molecule has 1 aliphatic carbocycles. The Bertz CT molecular complexity index is 8940. The average Bonchev–Trinajstić information content (AvgIpc) is 1.65. The standard InChI is InChI=1S/C20H15F2N3O.C20H16FN3O.C20H17N3O.C19H12F3N.C19H16N2.C18H13FN2/c1-10-18(22)15(21)8-13-14(9-24-19(10)13)17-7-6-11-12(20(26)23-2)4-3-5-16(11)25-17;1-11-8-12(21)9-15-16(10-23-19(11)15)18-7-6-13-14(20(25)22-2)4-3-5-17(13)24-18;1-12-5-3-6-14-16(11-22-19(12)14)18-10-9-13-15(20(24)21-2)7-4-8-17(13)23-18;1-10-2-6-16-11(8-10)3-7-17(23-16)12-4-5-13-14(12)9-15(20)19(22)18(13)21;1-2-13-7-5-8-15-16(12-20-19(13)15)18-11-10-14-6-3-4-9-17(14)21-18;1-11-8-13(19)9-14-15(10-20-18(11)14)17-7-6-12-4-2-3-5-16(12)21-17/h3-9,24H,1-2H3,(H,23,26);3-10,23H,1-2H3,(H,22,25);3-11,22H,1-2H3,(H,21,24);2-4,6-9H,5H2,1H3;3-12,20H,2H2,1H3;2-10,20H,1H3. The predicted octanol–water partition coefficient (Wildman–Crippen LogP) is 27.3. The summed E-state index contributed by atoms with van der Waals surface area (Å²) >= 11 is 0. The fourth-order valence-electron chi connectivity index (χ4n) is 18.4. The average molecular weight is 1860 g/mol. The molecule has 1 aliphatic rings. The van der Waals surface area contributed by atoms with Crippen LogP contribution in [0.1, 0.15) is 88.2 Å². The molecule has 0 radical (unpaired) electrons. The van der Waals surface area contributed by atoms with Crippen LogP contribution in [0, 0.1) is 75.3 Å². The summed E-state index contributed by atoms with van der Waals surface area (Å²) in [4.78, 5) is 80.3. The number of aromatic amines is 5. The topological polar surface area (TPSA) is 244 Å². The van der Waals surface area contributed by atoms with Crippen LogP contribution in [-0.2, 0) is 12.8 Å². The van der Waals surface area contributed by atoms with Gasteiger partial charge in [0.15, 0.2) is 29.1 Å². The van der Waals surface area contributed by atoms with Crippen molar-refractivity contribution in [3.63, 3.8) is 0 Å². The molecule has 23 aromatic rings. The Morgan fingerprint density at radius 2 is 0.686 bits per heavy atom. The van der Waals surface area contributed by atoms with Gasteiger partial charge < -0.3 is 40.9 Å². The Morgan fingerprint density at radius 3 is 1.17 bits per heavy atom. The molecule has 3 amide bonds. The third-order valence-corrected chi connectivity index (χ3v) is 25.5. The van der Waals surface area contributed by atoms with Crippen LogP contribution in [0.5, 0.6) is 0 Å². The lowest BCUT2D eigenvalue weighted by Crippen LogP contribution is -2.18. The third-order valence-electron chi connectivity index (χ3n) is 25.5. The van der Waals surface area contributed by atoms with Crippen LogP contribution in [0.4, 0.5) is 30.7 Å². The quantitative estimate of drug-likeness (QED) is 0.0479. The van der Waals surface area contributed by atoms with Crippen molar-refractivity contribution in [1.82, 2.24) is 70.8 Å². The minimum Gasteiger partial charge on any atom is -0.360 e. The Morgan fingerprint density at radius 1 is 0.307 bits per heavy atom. The Labute approximate surface area is 797 Å². The number of halogens is 7. The molecule has 11 heterocycles. The number of carbonyl (C=O) groups excluding carboxylic acids is 3. The molecule has 0 bridgehead atoms. The largest absolute Gasteiger partial charge is 0.360 e. The van der Waals surface area contributed by atoms with Crippen molar-refractivity contribution in [3.8, 4) is 56.3 Å². The number of benzene rings is 12. The van der Waals surface area contributed by atoms with E-state index in [1.165, 1.54) is 64.2 Å². The molecule has 8 N–H and O–H groups in total. The highest BCUT2D eigenvalue weighted by atomic mass is 19.2. The second kappa shape index (κ2) is 38.7. The van der Waals surface area contributed by atoms with E-state index in [1.807, 2.05) is 185 Å². The predicted molar refractivity (Wildman–Crippen MR) is 547 cm³/mol. The summed E-state index contributed by atoms with van der Waals surface area (Å²) < 4.78 is 96.0. The number of nitrogens with zero attached hydrogens (tertiary/aromatic N) is 6. The van der Waals surface area contributed by atoms with Crippen LogP contribution in [0.15, 0.2) is 304 Å². The van der Waals surface area contributed by atoms with Crippen molar-refractivity contribution in [1.29, 1.82) is 0 Å². The monoisotopic (exact) mass is 1860 g/mol. The second-order valence-electron chi connectivity index (χ2n) is 34.2. The van der Waals surface area contributed by atoms with Gasteiger partial charge >= 0.3 is 0 Å². The van der Waals surface area contributed by atoms with Crippen molar-refractivity contribution >= 4 is 143 Å². The van der Waals surface area contributed by atoms with E-state index in [0.717, 1.165) is 156 Å². The zero-order valence-corrected chi connectivity index (χ0v) is 77.3. The number of nitrogens with one attached hydrogen (secondary N) is 8. The molecule has 140 heavy (non-hydrogen) atoms. The number of carbonyl (C=O) groups is 3. The maximum absolute atomic E-state index is 13.9. The number of para-hydroxylation sites is 4. The Kier molecular flexibility index (Phi) is 25.3. The number of rotatable bonds is 10. The number of allylic oxidation sites excluding steroid dienone is 1. The molecule has 0 saturated heterocycles. The molecule has 0 fully saturated rings. The van der Waals surface area contributed by atoms with Crippen LogP contribution in [0.3, 0.4) is 0 Å². The highest BCUT2D eigenvalue weighted by molar-refractivity contribution is 6.11. The normalized spacial score (nSPS) is 11.6. The molecule has 24 heteroatoms. The van der Waals surface area contributed by atoms with E-state index in [4.69, 9.17) is 9.97 Å². The van der Waals surface area contributed by atoms with Crippen molar-refractivity contribution < 1.29 is 45.1 Å². The summed E-state index contributed by atoms with van der Waals surface area (Å²) in [6.45, 7) is 11.6. The fraction of sp³-hybridized carbons (Fsp3) is 0.0948. The molecule has 11 aromatic heterocycles. The molecule has 24 rings (SSSR count). The van der Waals surface area contributed by atoms with Gasteiger partial charge in [-0.15, -0.1) is 0 Å². The number of aryl methyl sites for hydroxylation is 6. The van der Waals surface area contributed by atoms with Crippen LogP contribution in [0.25, 0.3) is 182 Å². The first-order valence-electron chi connectivity index (χ1n) is 45.4. The Balaban J connectivity index is 0.000000107. The van der Waals surface area contributed by atoms with E-state index in [1.54, 1.807) is 63.7 Å². The lowest BCUT2D eigenvalue weighted by atomic mass is 10.0. The molecule has 0 unspecified atom stereocenters. The first kappa shape index (κ1) is 91.6. The minimum atomic E-state index is -1.42. The van der Waals surface area contributed by atoms with Crippen molar-refractivity contribution in [2.24, 2.45) is 0 Å². The van der Waals surface area contributed by atoms with Gasteiger partial charge in [0.1, 0.15) is 11.6 Å². The summed E-state index contributed by atoms with van der Waals surface area (Å²) in [7, 11) is 4.81. The molecule has 17 nitrogen and oxygen atoms in total. The summed E-state index contributed by atoms with van der Waals surface area (Å²) in [6, 6.07) is 82.8. The minimum absolute atomic E-state index is 0.0992. The molecular formula is C116H89F7N14O3. The number of fused-ring (bicyclic) bond motifs is 12. The maximum Gasteiger partial charge on any atom is 0.251 e. The number of pyridine rings is 6. The summed E-state index contributed by atoms with van der Waals surface area (Å²) in [5.41, 5.74) is 27.8. The first-order valence-corrected chi connectivity index (χ1v) is 45.4. The number of hydrogen-bond acceptors (Lipinski definition) is 9. The number of amides is 3. The SMILES string of the molecule is CCc1cccc2c(-c3ccc4ccccc4n3)c[nH]c12.CNC(=O)c1cccc2nc(-c3c[nH]c4c(C)c(F)c(F)cc34)ccc12.CNC(=O)c1cccc2nc(-c3c[nH]c4c(C)cc(F)cc34)ccc12.CNC(=O)c1cccc2nc(-c3c[nH]c4c(C)cccc34)ccc12.Cc1cc(F)cc2c(-c3ccc4ccccc4n3)c[nH]c12.Cc1ccc2nc(C3=CCc4c3cc(F)c(F)c4F)ccc2c1. The van der Waals surface area contributed by atoms with E-state index in [2.05, 4.69) is 142 Å². The van der Waals surface area contributed by atoms with Gasteiger partial charge in [-0.1, -0.05) is 134 Å².